The number of unbranched alkanes of at least 4 members (excludes halogenated alkanes) is 1. The molecule has 1 rings (SSSR count). The van der Waals surface area contributed by atoms with Gasteiger partial charge >= 0.3 is 5.97 Å². The molecule has 4 nitrogen and oxygen atoms in total. The van der Waals surface area contributed by atoms with Crippen LogP contribution in [0.5, 0.6) is 0 Å². The van der Waals surface area contributed by atoms with Gasteiger partial charge in [0.25, 0.3) is 0 Å². The number of benzene rings is 1. The molecule has 2 N–H and O–H groups in total. The Morgan fingerprint density at radius 1 is 1.42 bits per heavy atom. The Morgan fingerprint density at radius 3 is 2.74 bits per heavy atom. The normalized spacial score (nSPS) is 11.9. The number of aliphatic carboxylic acids is 1. The summed E-state index contributed by atoms with van der Waals surface area (Å²) < 4.78 is 12.9. The van der Waals surface area contributed by atoms with Gasteiger partial charge in [0.05, 0.1) is 6.42 Å². The van der Waals surface area contributed by atoms with Crippen LogP contribution in [0, 0.1) is 5.82 Å². The number of amides is 1. The molecule has 0 aliphatic rings. The predicted octanol–water partition coefficient (Wildman–Crippen LogP) is 2.13. The van der Waals surface area contributed by atoms with Crippen LogP contribution in [-0.2, 0) is 16.0 Å². The molecule has 0 radical (unpaired) electrons. The predicted molar refractivity (Wildman–Crippen MR) is 69.2 cm³/mol. The lowest BCUT2D eigenvalue weighted by Crippen LogP contribution is -2.41. The minimum absolute atomic E-state index is 0.0202. The molecular weight excluding hydrogens is 249 g/mol. The highest BCUT2D eigenvalue weighted by Crippen LogP contribution is 2.06. The smallest absolute Gasteiger partial charge is 0.326 e. The summed E-state index contributed by atoms with van der Waals surface area (Å²) >= 11 is 0. The molecule has 104 valence electrons. The van der Waals surface area contributed by atoms with Gasteiger partial charge in [-0.3, -0.25) is 4.79 Å². The standard InChI is InChI=1S/C14H18FNO3/c1-2-3-7-12(14(18)19)16-13(17)9-10-5-4-6-11(15)8-10/h4-6,8,12H,2-3,7,9H2,1H3,(H,16,17)(H,18,19). The van der Waals surface area contributed by atoms with Gasteiger partial charge in [0, 0.05) is 0 Å². The molecule has 1 unspecified atom stereocenters. The van der Waals surface area contributed by atoms with Crippen LogP contribution in [0.25, 0.3) is 0 Å². The number of hydrogen-bond acceptors (Lipinski definition) is 2. The fourth-order valence-corrected chi connectivity index (χ4v) is 1.74. The molecule has 19 heavy (non-hydrogen) atoms. The summed E-state index contributed by atoms with van der Waals surface area (Å²) in [6, 6.07) is 4.83. The molecule has 0 aromatic heterocycles. The molecule has 0 aliphatic carbocycles. The number of halogens is 1. The van der Waals surface area contributed by atoms with Gasteiger partial charge in [0.2, 0.25) is 5.91 Å². The highest BCUT2D eigenvalue weighted by Gasteiger charge is 2.19. The van der Waals surface area contributed by atoms with Gasteiger partial charge in [-0.2, -0.15) is 0 Å². The van der Waals surface area contributed by atoms with Gasteiger partial charge in [0.1, 0.15) is 11.9 Å². The van der Waals surface area contributed by atoms with E-state index in [4.69, 9.17) is 5.11 Å². The van der Waals surface area contributed by atoms with E-state index in [1.807, 2.05) is 6.92 Å². The Hall–Kier alpha value is -1.91. The second kappa shape index (κ2) is 7.51. The Labute approximate surface area is 111 Å². The fraction of sp³-hybridized carbons (Fsp3) is 0.429. The average Bonchev–Trinajstić information content (AvgIpc) is 2.34. The molecule has 0 fully saturated rings. The highest BCUT2D eigenvalue weighted by atomic mass is 19.1. The van der Waals surface area contributed by atoms with Crippen LogP contribution in [0.4, 0.5) is 4.39 Å². The SMILES string of the molecule is CCCCC(NC(=O)Cc1cccc(F)c1)C(=O)O. The molecule has 0 aliphatic heterocycles. The molecule has 0 heterocycles. The van der Waals surface area contributed by atoms with Gasteiger partial charge in [-0.15, -0.1) is 0 Å². The first-order valence-electron chi connectivity index (χ1n) is 6.29. The van der Waals surface area contributed by atoms with Gasteiger partial charge < -0.3 is 10.4 Å². The molecule has 0 saturated heterocycles. The minimum atomic E-state index is -1.04. The van der Waals surface area contributed by atoms with Crippen molar-refractivity contribution in [2.24, 2.45) is 0 Å². The molecule has 0 bridgehead atoms. The lowest BCUT2D eigenvalue weighted by Gasteiger charge is -2.14. The zero-order valence-electron chi connectivity index (χ0n) is 10.9. The van der Waals surface area contributed by atoms with E-state index in [9.17, 15) is 14.0 Å². The Morgan fingerprint density at radius 2 is 2.16 bits per heavy atom. The first-order valence-corrected chi connectivity index (χ1v) is 6.29. The number of carbonyl (C=O) groups excluding carboxylic acids is 1. The number of nitrogens with one attached hydrogen (secondary N) is 1. The van der Waals surface area contributed by atoms with E-state index in [1.54, 1.807) is 6.07 Å². The summed E-state index contributed by atoms with van der Waals surface area (Å²) in [7, 11) is 0. The van der Waals surface area contributed by atoms with E-state index in [1.165, 1.54) is 18.2 Å². The highest BCUT2D eigenvalue weighted by molar-refractivity contribution is 5.84. The van der Waals surface area contributed by atoms with Crippen molar-refractivity contribution in [3.8, 4) is 0 Å². The van der Waals surface area contributed by atoms with Crippen molar-refractivity contribution in [2.75, 3.05) is 0 Å². The molecule has 1 atom stereocenters. The topological polar surface area (TPSA) is 66.4 Å². The van der Waals surface area contributed by atoms with Crippen LogP contribution in [0.2, 0.25) is 0 Å². The zero-order valence-corrected chi connectivity index (χ0v) is 10.9. The maximum Gasteiger partial charge on any atom is 0.326 e. The molecule has 1 aromatic carbocycles. The fourth-order valence-electron chi connectivity index (χ4n) is 1.74. The molecule has 1 aromatic rings. The quantitative estimate of drug-likeness (QED) is 0.795. The molecular formula is C14H18FNO3. The average molecular weight is 267 g/mol. The second-order valence-corrected chi connectivity index (χ2v) is 4.41. The molecule has 1 amide bonds. The summed E-state index contributed by atoms with van der Waals surface area (Å²) in [5.41, 5.74) is 0.525. The van der Waals surface area contributed by atoms with Gasteiger partial charge in [-0.25, -0.2) is 9.18 Å². The summed E-state index contributed by atoms with van der Waals surface area (Å²) in [6.07, 6.45) is 1.98. The van der Waals surface area contributed by atoms with E-state index in [0.29, 0.717) is 12.0 Å². The van der Waals surface area contributed by atoms with E-state index < -0.39 is 23.7 Å². The van der Waals surface area contributed by atoms with Crippen LogP contribution >= 0.6 is 0 Å². The van der Waals surface area contributed by atoms with Crippen LogP contribution in [0.3, 0.4) is 0 Å². The van der Waals surface area contributed by atoms with Gasteiger partial charge in [0.15, 0.2) is 0 Å². The van der Waals surface area contributed by atoms with E-state index in [-0.39, 0.29) is 6.42 Å². The van der Waals surface area contributed by atoms with Crippen LogP contribution < -0.4 is 5.32 Å². The summed E-state index contributed by atoms with van der Waals surface area (Å²) in [4.78, 5) is 22.7. The summed E-state index contributed by atoms with van der Waals surface area (Å²) in [5.74, 6) is -1.86. The van der Waals surface area contributed by atoms with Crippen molar-refractivity contribution in [1.82, 2.24) is 5.32 Å². The van der Waals surface area contributed by atoms with Crippen molar-refractivity contribution >= 4 is 11.9 Å². The summed E-state index contributed by atoms with van der Waals surface area (Å²) in [5, 5.41) is 11.4. The van der Waals surface area contributed by atoms with Crippen molar-refractivity contribution in [3.05, 3.63) is 35.6 Å². The third kappa shape index (κ3) is 5.50. The molecule has 5 heteroatoms. The van der Waals surface area contributed by atoms with Crippen molar-refractivity contribution in [3.63, 3.8) is 0 Å². The first kappa shape index (κ1) is 15.1. The van der Waals surface area contributed by atoms with Crippen LogP contribution in [0.15, 0.2) is 24.3 Å². The molecule has 0 spiro atoms. The van der Waals surface area contributed by atoms with Crippen LogP contribution in [-0.4, -0.2) is 23.0 Å². The lowest BCUT2D eigenvalue weighted by molar-refractivity contribution is -0.142. The van der Waals surface area contributed by atoms with E-state index >= 15 is 0 Å². The van der Waals surface area contributed by atoms with Crippen molar-refractivity contribution in [1.29, 1.82) is 0 Å². The van der Waals surface area contributed by atoms with Crippen LogP contribution in [0.1, 0.15) is 31.7 Å². The largest absolute Gasteiger partial charge is 0.480 e. The second-order valence-electron chi connectivity index (χ2n) is 4.41. The maximum atomic E-state index is 12.9. The van der Waals surface area contributed by atoms with Crippen molar-refractivity contribution in [2.45, 2.75) is 38.6 Å². The third-order valence-corrected chi connectivity index (χ3v) is 2.73. The molecule has 0 saturated carbocycles. The van der Waals surface area contributed by atoms with Crippen molar-refractivity contribution < 1.29 is 19.1 Å². The Balaban J connectivity index is 2.55. The number of carboxylic acids is 1. The monoisotopic (exact) mass is 267 g/mol. The first-order chi connectivity index (χ1) is 9.02. The van der Waals surface area contributed by atoms with Gasteiger partial charge in [-0.1, -0.05) is 31.9 Å². The van der Waals surface area contributed by atoms with E-state index in [0.717, 1.165) is 12.8 Å². The van der Waals surface area contributed by atoms with Gasteiger partial charge in [-0.05, 0) is 24.1 Å². The third-order valence-electron chi connectivity index (χ3n) is 2.73. The number of hydrogen-bond donors (Lipinski definition) is 2. The number of carbonyl (C=O) groups is 2. The minimum Gasteiger partial charge on any atom is -0.480 e. The summed E-state index contributed by atoms with van der Waals surface area (Å²) in [6.45, 7) is 1.95. The maximum absolute atomic E-state index is 12.9. The Bertz CT molecular complexity index is 448. The lowest BCUT2D eigenvalue weighted by atomic mass is 10.1. The number of rotatable bonds is 7. The Kier molecular flexibility index (Phi) is 5.99. The van der Waals surface area contributed by atoms with E-state index in [2.05, 4.69) is 5.32 Å². The number of carboxylic acid groups (broad SMARTS) is 1. The zero-order chi connectivity index (χ0) is 14.3.